The summed E-state index contributed by atoms with van der Waals surface area (Å²) in [6.07, 6.45) is 4.19. The average Bonchev–Trinajstić information content (AvgIpc) is 2.20. The van der Waals surface area contributed by atoms with E-state index >= 15 is 0 Å². The van der Waals surface area contributed by atoms with Gasteiger partial charge < -0.3 is 0 Å². The quantitative estimate of drug-likeness (QED) is 0.679. The highest BCUT2D eigenvalue weighted by Gasteiger charge is 2.31. The molecule has 1 aromatic carbocycles. The van der Waals surface area contributed by atoms with Crippen LogP contribution in [0.2, 0.25) is 0 Å². The molecular weight excluding hydrogens is 182 g/mol. The standard InChI is InChI=1S/C14H17N/c1-11-5-6-12-4-3-7-14(2,8-9-15)13(12)10-11/h5-6,10H,3-4,7-8H2,1-2H3. The second-order valence-corrected chi connectivity index (χ2v) is 4.91. The summed E-state index contributed by atoms with van der Waals surface area (Å²) in [7, 11) is 0. The number of hydrogen-bond acceptors (Lipinski definition) is 1. The molecule has 0 heterocycles. The summed E-state index contributed by atoms with van der Waals surface area (Å²) in [5, 5.41) is 8.93. The summed E-state index contributed by atoms with van der Waals surface area (Å²) < 4.78 is 0. The maximum atomic E-state index is 8.93. The SMILES string of the molecule is Cc1ccc2c(c1)C(C)(CC#N)CCC2. The van der Waals surface area contributed by atoms with Gasteiger partial charge in [-0.05, 0) is 37.3 Å². The van der Waals surface area contributed by atoms with E-state index in [-0.39, 0.29) is 5.41 Å². The minimum absolute atomic E-state index is 0.0916. The van der Waals surface area contributed by atoms with Crippen LogP contribution in [0.25, 0.3) is 0 Å². The van der Waals surface area contributed by atoms with E-state index in [2.05, 4.69) is 38.1 Å². The fourth-order valence-corrected chi connectivity index (χ4v) is 2.63. The third-order valence-corrected chi connectivity index (χ3v) is 3.56. The first-order valence-electron chi connectivity index (χ1n) is 5.63. The molecule has 1 atom stereocenters. The Kier molecular flexibility index (Phi) is 2.52. The highest BCUT2D eigenvalue weighted by Crippen LogP contribution is 2.39. The maximum absolute atomic E-state index is 8.93. The van der Waals surface area contributed by atoms with Crippen LogP contribution in [0.5, 0.6) is 0 Å². The van der Waals surface area contributed by atoms with Gasteiger partial charge >= 0.3 is 0 Å². The number of hydrogen-bond donors (Lipinski definition) is 0. The van der Waals surface area contributed by atoms with Gasteiger partial charge in [0.1, 0.15) is 0 Å². The monoisotopic (exact) mass is 199 g/mol. The summed E-state index contributed by atoms with van der Waals surface area (Å²) in [5.41, 5.74) is 4.26. The molecule has 1 unspecified atom stereocenters. The lowest BCUT2D eigenvalue weighted by atomic mass is 9.69. The van der Waals surface area contributed by atoms with Crippen molar-refractivity contribution in [1.82, 2.24) is 0 Å². The van der Waals surface area contributed by atoms with E-state index in [1.54, 1.807) is 0 Å². The van der Waals surface area contributed by atoms with Crippen molar-refractivity contribution in [2.75, 3.05) is 0 Å². The zero-order valence-electron chi connectivity index (χ0n) is 9.51. The van der Waals surface area contributed by atoms with Gasteiger partial charge in [0, 0.05) is 11.8 Å². The zero-order valence-corrected chi connectivity index (χ0v) is 9.51. The van der Waals surface area contributed by atoms with Crippen molar-refractivity contribution >= 4 is 0 Å². The van der Waals surface area contributed by atoms with Gasteiger partial charge in [0.05, 0.1) is 6.07 Å². The highest BCUT2D eigenvalue weighted by molar-refractivity contribution is 5.39. The highest BCUT2D eigenvalue weighted by atomic mass is 14.4. The molecule has 0 N–H and O–H groups in total. The minimum atomic E-state index is 0.0916. The summed E-state index contributed by atoms with van der Waals surface area (Å²) in [4.78, 5) is 0. The molecule has 0 spiro atoms. The van der Waals surface area contributed by atoms with Gasteiger partial charge in [0.25, 0.3) is 0 Å². The molecule has 1 aliphatic carbocycles. The first-order chi connectivity index (χ1) is 7.15. The molecule has 1 aromatic rings. The topological polar surface area (TPSA) is 23.8 Å². The molecule has 2 rings (SSSR count). The third-order valence-electron chi connectivity index (χ3n) is 3.56. The van der Waals surface area contributed by atoms with Gasteiger partial charge in [-0.3, -0.25) is 0 Å². The Morgan fingerprint density at radius 1 is 1.47 bits per heavy atom. The van der Waals surface area contributed by atoms with Crippen LogP contribution in [0, 0.1) is 18.3 Å². The molecule has 15 heavy (non-hydrogen) atoms. The van der Waals surface area contributed by atoms with Gasteiger partial charge in [0.2, 0.25) is 0 Å². The van der Waals surface area contributed by atoms with Gasteiger partial charge in [-0.1, -0.05) is 30.7 Å². The Labute approximate surface area is 91.7 Å². The molecule has 0 saturated heterocycles. The molecule has 1 nitrogen and oxygen atoms in total. The molecule has 78 valence electrons. The lowest BCUT2D eigenvalue weighted by Crippen LogP contribution is -2.27. The Hall–Kier alpha value is -1.29. The lowest BCUT2D eigenvalue weighted by Gasteiger charge is -2.34. The van der Waals surface area contributed by atoms with Crippen LogP contribution in [0.1, 0.15) is 42.9 Å². The fourth-order valence-electron chi connectivity index (χ4n) is 2.63. The van der Waals surface area contributed by atoms with Gasteiger partial charge in [-0.2, -0.15) is 5.26 Å². The Morgan fingerprint density at radius 2 is 2.27 bits per heavy atom. The molecule has 0 aliphatic heterocycles. The maximum Gasteiger partial charge on any atom is 0.0631 e. The molecule has 0 bridgehead atoms. The molecule has 1 aliphatic rings. The molecule has 0 aromatic heterocycles. The van der Waals surface area contributed by atoms with Crippen LogP contribution in [-0.4, -0.2) is 0 Å². The van der Waals surface area contributed by atoms with E-state index < -0.39 is 0 Å². The van der Waals surface area contributed by atoms with Crippen molar-refractivity contribution in [3.05, 3.63) is 34.9 Å². The van der Waals surface area contributed by atoms with Gasteiger partial charge in [-0.25, -0.2) is 0 Å². The summed E-state index contributed by atoms with van der Waals surface area (Å²) >= 11 is 0. The molecular formula is C14H17N. The van der Waals surface area contributed by atoms with Crippen molar-refractivity contribution in [3.63, 3.8) is 0 Å². The first-order valence-corrected chi connectivity index (χ1v) is 5.63. The predicted octanol–water partition coefficient (Wildman–Crippen LogP) is 3.50. The van der Waals surface area contributed by atoms with Crippen molar-refractivity contribution < 1.29 is 0 Å². The van der Waals surface area contributed by atoms with E-state index in [4.69, 9.17) is 5.26 Å². The van der Waals surface area contributed by atoms with E-state index in [0.29, 0.717) is 6.42 Å². The first kappa shape index (κ1) is 10.2. The smallest absolute Gasteiger partial charge is 0.0631 e. The number of nitriles is 1. The van der Waals surface area contributed by atoms with Gasteiger partial charge in [0.15, 0.2) is 0 Å². The van der Waals surface area contributed by atoms with E-state index in [1.807, 2.05) is 0 Å². The van der Waals surface area contributed by atoms with Crippen LogP contribution in [0.15, 0.2) is 18.2 Å². The lowest BCUT2D eigenvalue weighted by molar-refractivity contribution is 0.401. The summed E-state index contributed by atoms with van der Waals surface area (Å²) in [5.74, 6) is 0. The van der Waals surface area contributed by atoms with Crippen LogP contribution in [0.3, 0.4) is 0 Å². The molecule has 0 amide bonds. The molecule has 0 saturated carbocycles. The van der Waals surface area contributed by atoms with Crippen LogP contribution >= 0.6 is 0 Å². The van der Waals surface area contributed by atoms with Crippen LogP contribution in [-0.2, 0) is 11.8 Å². The number of fused-ring (bicyclic) bond motifs is 1. The van der Waals surface area contributed by atoms with Crippen molar-refractivity contribution in [3.8, 4) is 6.07 Å². The number of nitrogens with zero attached hydrogens (tertiary/aromatic N) is 1. The van der Waals surface area contributed by atoms with Crippen molar-refractivity contribution in [1.29, 1.82) is 5.26 Å². The van der Waals surface area contributed by atoms with Crippen LogP contribution in [0.4, 0.5) is 0 Å². The number of rotatable bonds is 1. The second-order valence-electron chi connectivity index (χ2n) is 4.91. The Balaban J connectivity index is 2.50. The average molecular weight is 199 g/mol. The van der Waals surface area contributed by atoms with E-state index in [0.717, 1.165) is 6.42 Å². The predicted molar refractivity (Wildman–Crippen MR) is 61.7 cm³/mol. The molecule has 0 fully saturated rings. The molecule has 0 radical (unpaired) electrons. The fraction of sp³-hybridized carbons (Fsp3) is 0.500. The van der Waals surface area contributed by atoms with E-state index in [1.165, 1.54) is 29.5 Å². The zero-order chi connectivity index (χ0) is 10.9. The van der Waals surface area contributed by atoms with Crippen molar-refractivity contribution in [2.24, 2.45) is 0 Å². The largest absolute Gasteiger partial charge is 0.198 e. The van der Waals surface area contributed by atoms with Gasteiger partial charge in [-0.15, -0.1) is 0 Å². The summed E-state index contributed by atoms with van der Waals surface area (Å²) in [6.45, 7) is 4.36. The molecule has 1 heteroatoms. The Bertz CT molecular complexity index is 414. The van der Waals surface area contributed by atoms with Crippen LogP contribution < -0.4 is 0 Å². The Morgan fingerprint density at radius 3 is 3.00 bits per heavy atom. The minimum Gasteiger partial charge on any atom is -0.198 e. The number of benzene rings is 1. The normalized spacial score (nSPS) is 24.3. The van der Waals surface area contributed by atoms with E-state index in [9.17, 15) is 0 Å². The van der Waals surface area contributed by atoms with Crippen molar-refractivity contribution in [2.45, 2.75) is 44.9 Å². The number of aryl methyl sites for hydroxylation is 2. The second kappa shape index (κ2) is 3.70. The summed E-state index contributed by atoms with van der Waals surface area (Å²) in [6, 6.07) is 9.02. The third kappa shape index (κ3) is 1.77.